The van der Waals surface area contributed by atoms with E-state index in [1.165, 1.54) is 11.1 Å². The molecule has 1 aromatic heterocycles. The van der Waals surface area contributed by atoms with Crippen LogP contribution in [0.4, 0.5) is 0 Å². The van der Waals surface area contributed by atoms with Crippen LogP contribution in [0.1, 0.15) is 50.2 Å². The summed E-state index contributed by atoms with van der Waals surface area (Å²) in [7, 11) is 0. The fraction of sp³-hybridized carbons (Fsp3) is 0.667. The van der Waals surface area contributed by atoms with E-state index in [1.807, 2.05) is 20.8 Å². The average molecular weight is 295 g/mol. The van der Waals surface area contributed by atoms with Gasteiger partial charge in [-0.3, -0.25) is 14.3 Å². The van der Waals surface area contributed by atoms with Gasteiger partial charge in [-0.05, 0) is 26.2 Å². The first-order valence-electron chi connectivity index (χ1n) is 7.33. The SMILES string of the molecule is CCC(C)N(CC(=O)O)C(=O)c1cnn(CC(C)C)c1C. The monoisotopic (exact) mass is 295 g/mol. The highest BCUT2D eigenvalue weighted by Gasteiger charge is 2.25. The van der Waals surface area contributed by atoms with Crippen molar-refractivity contribution < 1.29 is 14.7 Å². The first-order valence-corrected chi connectivity index (χ1v) is 7.33. The lowest BCUT2D eigenvalue weighted by molar-refractivity contribution is -0.138. The maximum absolute atomic E-state index is 12.6. The van der Waals surface area contributed by atoms with Crippen LogP contribution in [0.15, 0.2) is 6.20 Å². The van der Waals surface area contributed by atoms with Crippen LogP contribution < -0.4 is 0 Å². The zero-order chi connectivity index (χ0) is 16.2. The van der Waals surface area contributed by atoms with E-state index >= 15 is 0 Å². The molecule has 21 heavy (non-hydrogen) atoms. The molecule has 6 heteroatoms. The molecule has 6 nitrogen and oxygen atoms in total. The third-order valence-electron chi connectivity index (χ3n) is 3.56. The lowest BCUT2D eigenvalue weighted by Crippen LogP contribution is -2.42. The molecular formula is C15H25N3O3. The molecule has 0 radical (unpaired) electrons. The van der Waals surface area contributed by atoms with E-state index in [1.54, 1.807) is 4.68 Å². The second-order valence-corrected chi connectivity index (χ2v) is 5.80. The van der Waals surface area contributed by atoms with Crippen LogP contribution in [0.3, 0.4) is 0 Å². The Kier molecular flexibility index (Phi) is 5.93. The van der Waals surface area contributed by atoms with Gasteiger partial charge in [0.15, 0.2) is 0 Å². The molecule has 0 aliphatic heterocycles. The molecule has 118 valence electrons. The van der Waals surface area contributed by atoms with Crippen molar-refractivity contribution in [3.8, 4) is 0 Å². The minimum Gasteiger partial charge on any atom is -0.480 e. The van der Waals surface area contributed by atoms with Crippen molar-refractivity contribution in [3.63, 3.8) is 0 Å². The molecule has 1 rings (SSSR count). The minimum atomic E-state index is -1.00. The number of aliphatic carboxylic acids is 1. The number of carboxylic acid groups (broad SMARTS) is 1. The number of carbonyl (C=O) groups is 2. The Morgan fingerprint density at radius 3 is 2.48 bits per heavy atom. The Morgan fingerprint density at radius 1 is 1.38 bits per heavy atom. The normalized spacial score (nSPS) is 12.5. The van der Waals surface area contributed by atoms with Crippen LogP contribution in [-0.4, -0.2) is 44.3 Å². The van der Waals surface area contributed by atoms with Gasteiger partial charge in [-0.2, -0.15) is 5.10 Å². The number of rotatable bonds is 7. The van der Waals surface area contributed by atoms with E-state index in [0.29, 0.717) is 17.9 Å². The van der Waals surface area contributed by atoms with Gasteiger partial charge in [0.05, 0.1) is 11.8 Å². The maximum atomic E-state index is 12.6. The highest BCUT2D eigenvalue weighted by atomic mass is 16.4. The lowest BCUT2D eigenvalue weighted by atomic mass is 10.1. The first kappa shape index (κ1) is 17.2. The van der Waals surface area contributed by atoms with E-state index in [9.17, 15) is 9.59 Å². The quantitative estimate of drug-likeness (QED) is 0.836. The molecule has 1 aromatic rings. The number of hydrogen-bond acceptors (Lipinski definition) is 3. The van der Waals surface area contributed by atoms with Gasteiger partial charge in [0, 0.05) is 18.3 Å². The molecule has 0 saturated heterocycles. The van der Waals surface area contributed by atoms with Crippen molar-refractivity contribution in [2.75, 3.05) is 6.54 Å². The van der Waals surface area contributed by atoms with Crippen LogP contribution in [0.5, 0.6) is 0 Å². The Morgan fingerprint density at radius 2 is 2.00 bits per heavy atom. The summed E-state index contributed by atoms with van der Waals surface area (Å²) in [5.74, 6) is -0.841. The molecule has 0 aliphatic carbocycles. The van der Waals surface area contributed by atoms with E-state index in [-0.39, 0.29) is 18.5 Å². The van der Waals surface area contributed by atoms with E-state index in [2.05, 4.69) is 18.9 Å². The van der Waals surface area contributed by atoms with Gasteiger partial charge >= 0.3 is 5.97 Å². The molecule has 1 amide bonds. The number of carboxylic acids is 1. The van der Waals surface area contributed by atoms with Gasteiger partial charge in [-0.25, -0.2) is 0 Å². The first-order chi connectivity index (χ1) is 9.77. The van der Waals surface area contributed by atoms with Gasteiger partial charge in [0.1, 0.15) is 6.54 Å². The summed E-state index contributed by atoms with van der Waals surface area (Å²) in [6.45, 7) is 10.2. The lowest BCUT2D eigenvalue weighted by Gasteiger charge is -2.26. The summed E-state index contributed by atoms with van der Waals surface area (Å²) < 4.78 is 1.80. The van der Waals surface area contributed by atoms with Gasteiger partial charge in [-0.1, -0.05) is 20.8 Å². The zero-order valence-corrected chi connectivity index (χ0v) is 13.5. The summed E-state index contributed by atoms with van der Waals surface area (Å²) in [6.07, 6.45) is 2.25. The summed E-state index contributed by atoms with van der Waals surface area (Å²) in [4.78, 5) is 25.0. The van der Waals surface area contributed by atoms with Crippen molar-refractivity contribution in [2.45, 2.75) is 53.6 Å². The van der Waals surface area contributed by atoms with Gasteiger partial charge < -0.3 is 10.0 Å². The van der Waals surface area contributed by atoms with Crippen molar-refractivity contribution in [1.29, 1.82) is 0 Å². The van der Waals surface area contributed by atoms with Gasteiger partial charge in [0.25, 0.3) is 5.91 Å². The molecule has 1 unspecified atom stereocenters. The fourth-order valence-corrected chi connectivity index (χ4v) is 2.14. The molecular weight excluding hydrogens is 270 g/mol. The van der Waals surface area contributed by atoms with Crippen LogP contribution in [0.2, 0.25) is 0 Å². The predicted octanol–water partition coefficient (Wildman–Crippen LogP) is 2.17. The molecule has 0 fully saturated rings. The number of carbonyl (C=O) groups excluding carboxylic acids is 1. The summed E-state index contributed by atoms with van der Waals surface area (Å²) >= 11 is 0. The molecule has 0 saturated carbocycles. The predicted molar refractivity (Wildman–Crippen MR) is 80.2 cm³/mol. The van der Waals surface area contributed by atoms with E-state index in [0.717, 1.165) is 12.2 Å². The number of nitrogens with zero attached hydrogens (tertiary/aromatic N) is 3. The summed E-state index contributed by atoms with van der Waals surface area (Å²) in [6, 6.07) is -0.124. The fourth-order valence-electron chi connectivity index (χ4n) is 2.14. The summed E-state index contributed by atoms with van der Waals surface area (Å²) in [5, 5.41) is 13.2. The van der Waals surface area contributed by atoms with Crippen molar-refractivity contribution in [3.05, 3.63) is 17.5 Å². The third kappa shape index (κ3) is 4.31. The molecule has 0 spiro atoms. The maximum Gasteiger partial charge on any atom is 0.323 e. The van der Waals surface area contributed by atoms with Crippen LogP contribution in [-0.2, 0) is 11.3 Å². The van der Waals surface area contributed by atoms with Gasteiger partial charge in [0.2, 0.25) is 0 Å². The second kappa shape index (κ2) is 7.24. The number of amides is 1. The molecule has 0 aromatic carbocycles. The van der Waals surface area contributed by atoms with Crippen LogP contribution in [0, 0.1) is 12.8 Å². The topological polar surface area (TPSA) is 75.4 Å². The smallest absolute Gasteiger partial charge is 0.323 e. The van der Waals surface area contributed by atoms with E-state index in [4.69, 9.17) is 5.11 Å². The Balaban J connectivity index is 3.03. The molecule has 0 bridgehead atoms. The van der Waals surface area contributed by atoms with Crippen molar-refractivity contribution in [2.24, 2.45) is 5.92 Å². The average Bonchev–Trinajstić information content (AvgIpc) is 2.75. The number of hydrogen-bond donors (Lipinski definition) is 1. The zero-order valence-electron chi connectivity index (χ0n) is 13.5. The second-order valence-electron chi connectivity index (χ2n) is 5.80. The summed E-state index contributed by atoms with van der Waals surface area (Å²) in [5.41, 5.74) is 1.27. The number of aromatic nitrogens is 2. The minimum absolute atomic E-state index is 0.124. The van der Waals surface area contributed by atoms with Crippen LogP contribution in [0.25, 0.3) is 0 Å². The molecule has 1 heterocycles. The molecule has 0 aliphatic rings. The molecule has 1 N–H and O–H groups in total. The Hall–Kier alpha value is -1.85. The largest absolute Gasteiger partial charge is 0.480 e. The highest BCUT2D eigenvalue weighted by molar-refractivity contribution is 5.96. The highest BCUT2D eigenvalue weighted by Crippen LogP contribution is 2.15. The Labute approximate surface area is 125 Å². The standard InChI is InChI=1S/C15H25N3O3/c1-6-11(4)17(9-14(19)20)15(21)13-7-16-18(12(13)5)8-10(2)3/h7,10-11H,6,8-9H2,1-5H3,(H,19,20). The third-order valence-corrected chi connectivity index (χ3v) is 3.56. The van der Waals surface area contributed by atoms with Crippen molar-refractivity contribution >= 4 is 11.9 Å². The van der Waals surface area contributed by atoms with Gasteiger partial charge in [-0.15, -0.1) is 0 Å². The van der Waals surface area contributed by atoms with Crippen molar-refractivity contribution in [1.82, 2.24) is 14.7 Å². The van der Waals surface area contributed by atoms with E-state index < -0.39 is 5.97 Å². The van der Waals surface area contributed by atoms with Crippen LogP contribution >= 0.6 is 0 Å². The Bertz CT molecular complexity index is 508. The molecule has 1 atom stereocenters.